The maximum absolute atomic E-state index is 11.6. The van der Waals surface area contributed by atoms with Crippen molar-refractivity contribution in [3.05, 3.63) is 53.7 Å². The predicted molar refractivity (Wildman–Crippen MR) is 64.1 cm³/mol. The molecule has 1 aromatic carbocycles. The lowest BCUT2D eigenvalue weighted by atomic mass is 10.2. The molecule has 2 aromatic rings. The average molecular weight is 228 g/mol. The number of hydrogen-bond acceptors (Lipinski definition) is 3. The standard InChI is InChI=1S/C12H12N4O/c1-9-14-11(16-15-9)7-8-13-12(17)10-5-3-2-4-6-10/h2-8H,1H3,(H,13,17)(H,14,15,16). The van der Waals surface area contributed by atoms with Gasteiger partial charge in [-0.25, -0.2) is 4.98 Å². The van der Waals surface area contributed by atoms with Crippen LogP contribution in [0.2, 0.25) is 0 Å². The van der Waals surface area contributed by atoms with Gasteiger partial charge in [-0.3, -0.25) is 9.89 Å². The molecular formula is C12H12N4O. The molecule has 17 heavy (non-hydrogen) atoms. The van der Waals surface area contributed by atoms with Crippen molar-refractivity contribution >= 4 is 12.0 Å². The number of aromatic amines is 1. The summed E-state index contributed by atoms with van der Waals surface area (Å²) in [5.41, 5.74) is 0.614. The fourth-order valence-corrected chi connectivity index (χ4v) is 1.30. The quantitative estimate of drug-likeness (QED) is 0.836. The zero-order valence-electron chi connectivity index (χ0n) is 9.34. The molecule has 5 heteroatoms. The highest BCUT2D eigenvalue weighted by atomic mass is 16.1. The zero-order chi connectivity index (χ0) is 12.1. The lowest BCUT2D eigenvalue weighted by molar-refractivity contribution is 0.0970. The topological polar surface area (TPSA) is 70.7 Å². The van der Waals surface area contributed by atoms with E-state index in [1.54, 1.807) is 18.2 Å². The maximum atomic E-state index is 11.6. The van der Waals surface area contributed by atoms with Gasteiger partial charge in [0.05, 0.1) is 0 Å². The molecule has 0 radical (unpaired) electrons. The first-order valence-corrected chi connectivity index (χ1v) is 5.17. The molecule has 0 aliphatic carbocycles. The third-order valence-corrected chi connectivity index (χ3v) is 2.10. The van der Waals surface area contributed by atoms with E-state index in [1.165, 1.54) is 6.20 Å². The second-order valence-corrected chi connectivity index (χ2v) is 3.45. The Bertz CT molecular complexity index is 530. The minimum absolute atomic E-state index is 0.158. The minimum atomic E-state index is -0.158. The molecule has 1 amide bonds. The van der Waals surface area contributed by atoms with Gasteiger partial charge in [0.25, 0.3) is 5.91 Å². The summed E-state index contributed by atoms with van der Waals surface area (Å²) in [6, 6.07) is 9.00. The maximum Gasteiger partial charge on any atom is 0.255 e. The van der Waals surface area contributed by atoms with E-state index in [0.717, 1.165) is 5.82 Å². The molecule has 0 aliphatic rings. The van der Waals surface area contributed by atoms with E-state index >= 15 is 0 Å². The van der Waals surface area contributed by atoms with E-state index in [1.807, 2.05) is 25.1 Å². The SMILES string of the molecule is Cc1nc(C=CNC(=O)c2ccccc2)n[nH]1. The van der Waals surface area contributed by atoms with Crippen molar-refractivity contribution in [2.24, 2.45) is 0 Å². The lowest BCUT2D eigenvalue weighted by Gasteiger charge is -1.98. The van der Waals surface area contributed by atoms with Crippen molar-refractivity contribution in [1.29, 1.82) is 0 Å². The summed E-state index contributed by atoms with van der Waals surface area (Å²) in [5.74, 6) is 1.11. The molecule has 0 unspecified atom stereocenters. The molecule has 0 bridgehead atoms. The van der Waals surface area contributed by atoms with Crippen LogP contribution in [0.3, 0.4) is 0 Å². The van der Waals surface area contributed by atoms with Gasteiger partial charge in [0.2, 0.25) is 0 Å². The highest BCUT2D eigenvalue weighted by Crippen LogP contribution is 1.98. The number of carbonyl (C=O) groups is 1. The Kier molecular flexibility index (Phi) is 3.30. The second kappa shape index (κ2) is 5.07. The van der Waals surface area contributed by atoms with Crippen LogP contribution >= 0.6 is 0 Å². The van der Waals surface area contributed by atoms with E-state index in [-0.39, 0.29) is 5.91 Å². The number of aromatic nitrogens is 3. The van der Waals surface area contributed by atoms with Crippen LogP contribution in [-0.4, -0.2) is 21.1 Å². The van der Waals surface area contributed by atoms with E-state index in [2.05, 4.69) is 20.5 Å². The first kappa shape index (κ1) is 11.1. The Morgan fingerprint density at radius 2 is 2.12 bits per heavy atom. The molecule has 0 aliphatic heterocycles. The van der Waals surface area contributed by atoms with Gasteiger partial charge in [-0.15, -0.1) is 0 Å². The van der Waals surface area contributed by atoms with E-state index in [0.29, 0.717) is 11.4 Å². The lowest BCUT2D eigenvalue weighted by Crippen LogP contribution is -2.16. The van der Waals surface area contributed by atoms with Crippen molar-refractivity contribution in [1.82, 2.24) is 20.5 Å². The number of carbonyl (C=O) groups excluding carboxylic acids is 1. The summed E-state index contributed by atoms with van der Waals surface area (Å²) >= 11 is 0. The number of rotatable bonds is 3. The number of amides is 1. The highest BCUT2D eigenvalue weighted by Gasteiger charge is 2.00. The Morgan fingerprint density at radius 1 is 1.35 bits per heavy atom. The van der Waals surface area contributed by atoms with Gasteiger partial charge in [-0.05, 0) is 19.1 Å². The number of nitrogens with zero attached hydrogens (tertiary/aromatic N) is 2. The predicted octanol–water partition coefficient (Wildman–Crippen LogP) is 1.51. The van der Waals surface area contributed by atoms with Crippen molar-refractivity contribution in [2.45, 2.75) is 6.92 Å². The number of aryl methyl sites for hydroxylation is 1. The van der Waals surface area contributed by atoms with Crippen LogP contribution in [0.5, 0.6) is 0 Å². The Labute approximate surface area is 98.6 Å². The van der Waals surface area contributed by atoms with E-state index in [4.69, 9.17) is 0 Å². The van der Waals surface area contributed by atoms with Crippen molar-refractivity contribution < 1.29 is 4.79 Å². The Balaban J connectivity index is 1.95. The summed E-state index contributed by atoms with van der Waals surface area (Å²) in [4.78, 5) is 15.7. The first-order valence-electron chi connectivity index (χ1n) is 5.17. The molecule has 5 nitrogen and oxygen atoms in total. The van der Waals surface area contributed by atoms with Gasteiger partial charge in [0.15, 0.2) is 5.82 Å². The number of hydrogen-bond donors (Lipinski definition) is 2. The van der Waals surface area contributed by atoms with Crippen LogP contribution in [-0.2, 0) is 0 Å². The van der Waals surface area contributed by atoms with Crippen LogP contribution in [0.1, 0.15) is 22.0 Å². The molecule has 0 saturated heterocycles. The van der Waals surface area contributed by atoms with E-state index in [9.17, 15) is 4.79 Å². The Hall–Kier alpha value is -2.43. The van der Waals surface area contributed by atoms with Gasteiger partial charge in [-0.2, -0.15) is 5.10 Å². The summed E-state index contributed by atoms with van der Waals surface area (Å²) < 4.78 is 0. The highest BCUT2D eigenvalue weighted by molar-refractivity contribution is 5.94. The van der Waals surface area contributed by atoms with Gasteiger partial charge in [0, 0.05) is 17.8 Å². The second-order valence-electron chi connectivity index (χ2n) is 3.45. The summed E-state index contributed by atoms with van der Waals surface area (Å²) in [5, 5.41) is 9.27. The molecule has 1 aromatic heterocycles. The van der Waals surface area contributed by atoms with Gasteiger partial charge < -0.3 is 5.32 Å². The number of nitrogens with one attached hydrogen (secondary N) is 2. The Morgan fingerprint density at radius 3 is 2.76 bits per heavy atom. The number of benzene rings is 1. The van der Waals surface area contributed by atoms with Gasteiger partial charge in [0.1, 0.15) is 5.82 Å². The molecule has 0 spiro atoms. The fourth-order valence-electron chi connectivity index (χ4n) is 1.30. The molecule has 86 valence electrons. The molecule has 2 rings (SSSR count). The van der Waals surface area contributed by atoms with Crippen molar-refractivity contribution in [3.63, 3.8) is 0 Å². The molecule has 0 fully saturated rings. The molecular weight excluding hydrogens is 216 g/mol. The van der Waals surface area contributed by atoms with Crippen LogP contribution in [0.15, 0.2) is 36.5 Å². The molecule has 0 saturated carbocycles. The first-order chi connectivity index (χ1) is 8.25. The van der Waals surface area contributed by atoms with Gasteiger partial charge >= 0.3 is 0 Å². The van der Waals surface area contributed by atoms with Crippen LogP contribution in [0.25, 0.3) is 6.08 Å². The number of H-pyrrole nitrogens is 1. The van der Waals surface area contributed by atoms with Crippen molar-refractivity contribution in [2.75, 3.05) is 0 Å². The fraction of sp³-hybridized carbons (Fsp3) is 0.0833. The largest absolute Gasteiger partial charge is 0.328 e. The molecule has 2 N–H and O–H groups in total. The molecule has 0 atom stereocenters. The minimum Gasteiger partial charge on any atom is -0.328 e. The average Bonchev–Trinajstić information content (AvgIpc) is 2.76. The zero-order valence-corrected chi connectivity index (χ0v) is 9.34. The van der Waals surface area contributed by atoms with Crippen LogP contribution < -0.4 is 5.32 Å². The summed E-state index contributed by atoms with van der Waals surface area (Å²) in [6.07, 6.45) is 3.16. The van der Waals surface area contributed by atoms with Gasteiger partial charge in [-0.1, -0.05) is 18.2 Å². The van der Waals surface area contributed by atoms with Crippen molar-refractivity contribution in [3.8, 4) is 0 Å². The monoisotopic (exact) mass is 228 g/mol. The third kappa shape index (κ3) is 3.01. The molecule has 1 heterocycles. The third-order valence-electron chi connectivity index (χ3n) is 2.10. The summed E-state index contributed by atoms with van der Waals surface area (Å²) in [7, 11) is 0. The normalized spacial score (nSPS) is 10.6. The smallest absolute Gasteiger partial charge is 0.255 e. The summed E-state index contributed by atoms with van der Waals surface area (Å²) in [6.45, 7) is 1.81. The van der Waals surface area contributed by atoms with Crippen LogP contribution in [0, 0.1) is 6.92 Å². The van der Waals surface area contributed by atoms with E-state index < -0.39 is 0 Å². The van der Waals surface area contributed by atoms with Crippen LogP contribution in [0.4, 0.5) is 0 Å².